The van der Waals surface area contributed by atoms with Crippen LogP contribution < -0.4 is 9.62 Å². The number of carbonyl (C=O) groups excluding carboxylic acids is 1. The molecule has 0 unspecified atom stereocenters. The summed E-state index contributed by atoms with van der Waals surface area (Å²) in [6, 6.07) is 12.3. The molecule has 0 aliphatic carbocycles. The zero-order valence-electron chi connectivity index (χ0n) is 17.1. The third-order valence-corrected chi connectivity index (χ3v) is 6.85. The van der Waals surface area contributed by atoms with Crippen LogP contribution in [0.3, 0.4) is 0 Å². The minimum absolute atomic E-state index is 0.00168. The first-order valence-corrected chi connectivity index (χ1v) is 11.3. The summed E-state index contributed by atoms with van der Waals surface area (Å²) in [6.07, 6.45) is 1.89. The van der Waals surface area contributed by atoms with Crippen molar-refractivity contribution in [3.05, 3.63) is 59.2 Å². The van der Waals surface area contributed by atoms with Gasteiger partial charge in [-0.2, -0.15) is 0 Å². The number of nitrogens with zero attached hydrogens (tertiary/aromatic N) is 1. The molecule has 0 radical (unpaired) electrons. The molecule has 0 aromatic heterocycles. The monoisotopic (exact) mass is 416 g/mol. The number of aryl methyl sites for hydroxylation is 3. The number of ether oxygens (including phenoxy) is 1. The highest BCUT2D eigenvalue weighted by molar-refractivity contribution is 7.92. The summed E-state index contributed by atoms with van der Waals surface area (Å²) in [5, 5.41) is 2.82. The van der Waals surface area contributed by atoms with Gasteiger partial charge < -0.3 is 10.1 Å². The lowest BCUT2D eigenvalue weighted by Crippen LogP contribution is -2.43. The fraction of sp³-hybridized carbons (Fsp3) is 0.409. The van der Waals surface area contributed by atoms with Crippen molar-refractivity contribution in [1.82, 2.24) is 5.32 Å². The quantitative estimate of drug-likeness (QED) is 0.753. The summed E-state index contributed by atoms with van der Waals surface area (Å²) < 4.78 is 33.6. The van der Waals surface area contributed by atoms with Crippen molar-refractivity contribution in [2.24, 2.45) is 0 Å². The summed E-state index contributed by atoms with van der Waals surface area (Å²) >= 11 is 0. The summed E-state index contributed by atoms with van der Waals surface area (Å²) in [5.74, 6) is -0.350. The van der Waals surface area contributed by atoms with Crippen LogP contribution in [0.1, 0.15) is 29.5 Å². The number of amides is 1. The van der Waals surface area contributed by atoms with E-state index in [2.05, 4.69) is 5.32 Å². The second-order valence-corrected chi connectivity index (χ2v) is 9.42. The maximum absolute atomic E-state index is 13.4. The Hall–Kier alpha value is -2.38. The van der Waals surface area contributed by atoms with Crippen molar-refractivity contribution in [1.29, 1.82) is 0 Å². The average Bonchev–Trinajstić information content (AvgIpc) is 3.20. The van der Waals surface area contributed by atoms with E-state index in [0.717, 1.165) is 29.5 Å². The predicted octanol–water partition coefficient (Wildman–Crippen LogP) is 3.10. The summed E-state index contributed by atoms with van der Waals surface area (Å²) in [5.41, 5.74) is 3.20. The van der Waals surface area contributed by atoms with Gasteiger partial charge in [-0.25, -0.2) is 8.42 Å². The molecule has 0 spiro atoms. The number of anilines is 1. The minimum atomic E-state index is -3.90. The van der Waals surface area contributed by atoms with Gasteiger partial charge in [0, 0.05) is 13.2 Å². The van der Waals surface area contributed by atoms with E-state index in [9.17, 15) is 13.2 Å². The van der Waals surface area contributed by atoms with Gasteiger partial charge in [0.2, 0.25) is 5.91 Å². The summed E-state index contributed by atoms with van der Waals surface area (Å²) in [7, 11) is -3.90. The molecule has 1 fully saturated rings. The highest BCUT2D eigenvalue weighted by Gasteiger charge is 2.28. The highest BCUT2D eigenvalue weighted by Crippen LogP contribution is 2.28. The minimum Gasteiger partial charge on any atom is -0.376 e. The Labute approximate surface area is 172 Å². The number of benzene rings is 2. The summed E-state index contributed by atoms with van der Waals surface area (Å²) in [4.78, 5) is 12.8. The highest BCUT2D eigenvalue weighted by atomic mass is 32.2. The Morgan fingerprint density at radius 1 is 1.10 bits per heavy atom. The molecule has 156 valence electrons. The van der Waals surface area contributed by atoms with E-state index in [1.54, 1.807) is 30.3 Å². The molecule has 2 aromatic rings. The van der Waals surface area contributed by atoms with Crippen LogP contribution in [0, 0.1) is 20.8 Å². The van der Waals surface area contributed by atoms with E-state index >= 15 is 0 Å². The number of rotatable bonds is 7. The molecule has 3 rings (SSSR count). The molecule has 0 bridgehead atoms. The van der Waals surface area contributed by atoms with Crippen molar-refractivity contribution in [2.45, 2.75) is 44.6 Å². The van der Waals surface area contributed by atoms with Gasteiger partial charge in [-0.05, 0) is 62.9 Å². The lowest BCUT2D eigenvalue weighted by Gasteiger charge is -2.26. The maximum atomic E-state index is 13.4. The van der Waals surface area contributed by atoms with E-state index < -0.39 is 10.0 Å². The standard InChI is InChI=1S/C22H28N2O4S/c1-16-7-10-20(11-8-16)29(26,27)24(21-13-17(2)6-9-18(21)3)15-22(25)23-14-19-5-4-12-28-19/h6-11,13,19H,4-5,12,14-15H2,1-3H3,(H,23,25)/t19-/m1/s1. The van der Waals surface area contributed by atoms with Gasteiger partial charge in [0.15, 0.2) is 0 Å². The van der Waals surface area contributed by atoms with Crippen LogP contribution in [0.4, 0.5) is 5.69 Å². The van der Waals surface area contributed by atoms with Crippen molar-refractivity contribution in [3.63, 3.8) is 0 Å². The predicted molar refractivity (Wildman–Crippen MR) is 114 cm³/mol. The number of hydrogen-bond donors (Lipinski definition) is 1. The van der Waals surface area contributed by atoms with Crippen LogP contribution >= 0.6 is 0 Å². The Kier molecular flexibility index (Phi) is 6.59. The molecular weight excluding hydrogens is 388 g/mol. The SMILES string of the molecule is Cc1ccc(S(=O)(=O)N(CC(=O)NC[C@H]2CCCO2)c2cc(C)ccc2C)cc1. The Bertz CT molecular complexity index is 965. The van der Waals surface area contributed by atoms with E-state index in [4.69, 9.17) is 4.74 Å². The maximum Gasteiger partial charge on any atom is 0.264 e. The van der Waals surface area contributed by atoms with Crippen molar-refractivity contribution in [2.75, 3.05) is 24.0 Å². The molecule has 0 saturated carbocycles. The lowest BCUT2D eigenvalue weighted by molar-refractivity contribution is -0.120. The largest absolute Gasteiger partial charge is 0.376 e. The van der Waals surface area contributed by atoms with Gasteiger partial charge in [-0.3, -0.25) is 9.10 Å². The van der Waals surface area contributed by atoms with Gasteiger partial charge >= 0.3 is 0 Å². The van der Waals surface area contributed by atoms with Crippen molar-refractivity contribution < 1.29 is 17.9 Å². The van der Waals surface area contributed by atoms with Crippen LogP contribution in [0.5, 0.6) is 0 Å². The fourth-order valence-corrected chi connectivity index (χ4v) is 4.82. The van der Waals surface area contributed by atoms with Crippen LogP contribution in [-0.4, -0.2) is 40.1 Å². The van der Waals surface area contributed by atoms with Gasteiger partial charge in [0.05, 0.1) is 16.7 Å². The Morgan fingerprint density at radius 3 is 2.45 bits per heavy atom. The molecule has 1 amide bonds. The van der Waals surface area contributed by atoms with Gasteiger partial charge in [0.25, 0.3) is 10.0 Å². The third kappa shape index (κ3) is 5.16. The zero-order valence-corrected chi connectivity index (χ0v) is 18.0. The van der Waals surface area contributed by atoms with Crippen molar-refractivity contribution in [3.8, 4) is 0 Å². The van der Waals surface area contributed by atoms with Crippen LogP contribution in [0.25, 0.3) is 0 Å². The molecule has 1 atom stereocenters. The topological polar surface area (TPSA) is 75.7 Å². The average molecular weight is 417 g/mol. The third-order valence-electron chi connectivity index (χ3n) is 5.08. The number of nitrogens with one attached hydrogen (secondary N) is 1. The van der Waals surface area contributed by atoms with Crippen LogP contribution in [0.2, 0.25) is 0 Å². The number of sulfonamides is 1. The van der Waals surface area contributed by atoms with Crippen LogP contribution in [0.15, 0.2) is 47.4 Å². The first kappa shape index (κ1) is 21.3. The van der Waals surface area contributed by atoms with E-state index in [1.807, 2.05) is 32.9 Å². The van der Waals surface area contributed by atoms with Gasteiger partial charge in [-0.1, -0.05) is 29.8 Å². The second kappa shape index (κ2) is 8.97. The molecule has 1 aliphatic heterocycles. The first-order valence-electron chi connectivity index (χ1n) is 9.82. The molecule has 1 heterocycles. The smallest absolute Gasteiger partial charge is 0.264 e. The molecule has 1 aliphatic rings. The fourth-order valence-electron chi connectivity index (χ4n) is 3.34. The lowest BCUT2D eigenvalue weighted by atomic mass is 10.1. The van der Waals surface area contributed by atoms with Crippen LogP contribution in [-0.2, 0) is 19.6 Å². The molecule has 7 heteroatoms. The van der Waals surface area contributed by atoms with E-state index in [1.165, 1.54) is 4.31 Å². The van der Waals surface area contributed by atoms with Crippen molar-refractivity contribution >= 4 is 21.6 Å². The molecule has 1 saturated heterocycles. The summed E-state index contributed by atoms with van der Waals surface area (Å²) in [6.45, 7) is 6.46. The molecule has 1 N–H and O–H groups in total. The normalized spacial score (nSPS) is 16.6. The Balaban J connectivity index is 1.90. The zero-order chi connectivity index (χ0) is 21.0. The molecule has 6 nitrogen and oxygen atoms in total. The van der Waals surface area contributed by atoms with Gasteiger partial charge in [-0.15, -0.1) is 0 Å². The van der Waals surface area contributed by atoms with E-state index in [0.29, 0.717) is 18.8 Å². The molecule has 2 aromatic carbocycles. The molecule has 29 heavy (non-hydrogen) atoms. The first-order chi connectivity index (χ1) is 13.8. The second-order valence-electron chi connectivity index (χ2n) is 7.55. The number of hydrogen-bond acceptors (Lipinski definition) is 4. The number of carbonyl (C=O) groups is 1. The van der Waals surface area contributed by atoms with Gasteiger partial charge in [0.1, 0.15) is 6.54 Å². The molecular formula is C22H28N2O4S. The Morgan fingerprint density at radius 2 is 1.79 bits per heavy atom. The van der Waals surface area contributed by atoms with E-state index in [-0.39, 0.29) is 23.5 Å².